The van der Waals surface area contributed by atoms with Gasteiger partial charge in [-0.25, -0.2) is 0 Å². The number of hydrogen-bond donors (Lipinski definition) is 0. The molecule has 0 aromatic carbocycles. The van der Waals surface area contributed by atoms with Crippen LogP contribution in [-0.2, 0) is 0 Å². The van der Waals surface area contributed by atoms with Crippen LogP contribution in [0.2, 0.25) is 0 Å². The van der Waals surface area contributed by atoms with E-state index in [-0.39, 0.29) is 25.5 Å². The van der Waals surface area contributed by atoms with E-state index in [0.717, 1.165) is 0 Å². The standard InChI is InChI=1S/C7H13O.Li/c8-6-7-4-2-1-3-5-7;/h7H,1-6H2;/q-1;+1. The van der Waals surface area contributed by atoms with Gasteiger partial charge in [0.05, 0.1) is 0 Å². The van der Waals surface area contributed by atoms with Gasteiger partial charge in [0.25, 0.3) is 0 Å². The normalized spacial score (nSPS) is 21.0. The van der Waals surface area contributed by atoms with E-state index >= 15 is 0 Å². The molecule has 0 aromatic rings. The Morgan fingerprint density at radius 2 is 1.67 bits per heavy atom. The molecule has 1 nitrogen and oxygen atoms in total. The van der Waals surface area contributed by atoms with Gasteiger partial charge in [-0.2, -0.15) is 0 Å². The van der Waals surface area contributed by atoms with Crippen molar-refractivity contribution >= 4 is 0 Å². The first-order valence-corrected chi connectivity index (χ1v) is 3.51. The smallest absolute Gasteiger partial charge is 0.854 e. The van der Waals surface area contributed by atoms with Crippen LogP contribution in [0.25, 0.3) is 0 Å². The van der Waals surface area contributed by atoms with Crippen LogP contribution in [0, 0.1) is 5.92 Å². The molecule has 0 radical (unpaired) electrons. The predicted molar refractivity (Wildman–Crippen MR) is 31.4 cm³/mol. The van der Waals surface area contributed by atoms with Crippen LogP contribution in [0.5, 0.6) is 0 Å². The van der Waals surface area contributed by atoms with Crippen LogP contribution in [-0.4, -0.2) is 6.61 Å². The Bertz CT molecular complexity index is 59.9. The first-order valence-electron chi connectivity index (χ1n) is 3.51. The minimum atomic E-state index is 0. The van der Waals surface area contributed by atoms with E-state index < -0.39 is 0 Å². The van der Waals surface area contributed by atoms with Crippen molar-refractivity contribution in [1.29, 1.82) is 0 Å². The van der Waals surface area contributed by atoms with Crippen molar-refractivity contribution in [3.05, 3.63) is 0 Å². The van der Waals surface area contributed by atoms with Gasteiger partial charge in [0, 0.05) is 0 Å². The molecule has 0 saturated heterocycles. The zero-order valence-electron chi connectivity index (χ0n) is 6.23. The molecule has 1 aliphatic carbocycles. The molecule has 0 unspecified atom stereocenters. The molecule has 2 heteroatoms. The van der Waals surface area contributed by atoms with Crippen molar-refractivity contribution in [2.45, 2.75) is 32.1 Å². The third-order valence-corrected chi connectivity index (χ3v) is 1.96. The average molecular weight is 120 g/mol. The molecule has 1 saturated carbocycles. The Hall–Kier alpha value is 0.557. The molecule has 1 rings (SSSR count). The monoisotopic (exact) mass is 120 g/mol. The van der Waals surface area contributed by atoms with E-state index in [0.29, 0.717) is 5.92 Å². The van der Waals surface area contributed by atoms with Gasteiger partial charge in [0.2, 0.25) is 0 Å². The minimum absolute atomic E-state index is 0. The summed E-state index contributed by atoms with van der Waals surface area (Å²) in [7, 11) is 0. The van der Waals surface area contributed by atoms with Crippen LogP contribution in [0.15, 0.2) is 0 Å². The average Bonchev–Trinajstić information content (AvgIpc) is 1.90. The molecule has 0 amide bonds. The van der Waals surface area contributed by atoms with Gasteiger partial charge in [-0.3, -0.25) is 0 Å². The second-order valence-electron chi connectivity index (χ2n) is 2.67. The van der Waals surface area contributed by atoms with Gasteiger partial charge in [0.15, 0.2) is 0 Å². The summed E-state index contributed by atoms with van der Waals surface area (Å²) in [6.45, 7) is 0.167. The quantitative estimate of drug-likeness (QED) is 0.365. The van der Waals surface area contributed by atoms with Crippen LogP contribution >= 0.6 is 0 Å². The van der Waals surface area contributed by atoms with Crippen molar-refractivity contribution in [1.82, 2.24) is 0 Å². The van der Waals surface area contributed by atoms with E-state index in [4.69, 9.17) is 0 Å². The fourth-order valence-corrected chi connectivity index (χ4v) is 1.35. The molecular weight excluding hydrogens is 107 g/mol. The topological polar surface area (TPSA) is 23.1 Å². The molecule has 0 atom stereocenters. The summed E-state index contributed by atoms with van der Waals surface area (Å²) in [5, 5.41) is 10.3. The van der Waals surface area contributed by atoms with E-state index in [1.807, 2.05) is 0 Å². The van der Waals surface area contributed by atoms with E-state index in [1.54, 1.807) is 0 Å². The van der Waals surface area contributed by atoms with E-state index in [2.05, 4.69) is 0 Å². The maximum Gasteiger partial charge on any atom is 1.00 e. The summed E-state index contributed by atoms with van der Waals surface area (Å²) in [6, 6.07) is 0. The van der Waals surface area contributed by atoms with Crippen molar-refractivity contribution in [3.8, 4) is 0 Å². The summed E-state index contributed by atoms with van der Waals surface area (Å²) in [6.07, 6.45) is 6.35. The molecule has 48 valence electrons. The van der Waals surface area contributed by atoms with Gasteiger partial charge in [-0.1, -0.05) is 38.0 Å². The Morgan fingerprint density at radius 1 is 1.11 bits per heavy atom. The Balaban J connectivity index is 0.000000640. The fourth-order valence-electron chi connectivity index (χ4n) is 1.35. The van der Waals surface area contributed by atoms with Crippen molar-refractivity contribution in [2.24, 2.45) is 5.92 Å². The van der Waals surface area contributed by atoms with E-state index in [9.17, 15) is 5.11 Å². The molecule has 1 aliphatic rings. The van der Waals surface area contributed by atoms with Gasteiger partial charge in [0.1, 0.15) is 0 Å². The summed E-state index contributed by atoms with van der Waals surface area (Å²) in [5.41, 5.74) is 0. The van der Waals surface area contributed by atoms with Crippen molar-refractivity contribution in [3.63, 3.8) is 0 Å². The van der Waals surface area contributed by atoms with Crippen LogP contribution in [0.1, 0.15) is 32.1 Å². The summed E-state index contributed by atoms with van der Waals surface area (Å²) >= 11 is 0. The number of hydrogen-bond acceptors (Lipinski definition) is 1. The van der Waals surface area contributed by atoms with Crippen molar-refractivity contribution in [2.75, 3.05) is 6.61 Å². The summed E-state index contributed by atoms with van der Waals surface area (Å²) < 4.78 is 0. The molecular formula is C7H13LiO. The zero-order valence-corrected chi connectivity index (χ0v) is 6.23. The second-order valence-corrected chi connectivity index (χ2v) is 2.67. The van der Waals surface area contributed by atoms with Crippen LogP contribution in [0.3, 0.4) is 0 Å². The second kappa shape index (κ2) is 5.35. The summed E-state index contributed by atoms with van der Waals surface area (Å²) in [5.74, 6) is 0.531. The van der Waals surface area contributed by atoms with Gasteiger partial charge in [-0.05, 0) is 0 Å². The fraction of sp³-hybridized carbons (Fsp3) is 1.00. The maximum absolute atomic E-state index is 10.3. The zero-order chi connectivity index (χ0) is 5.82. The van der Waals surface area contributed by atoms with Crippen molar-refractivity contribution < 1.29 is 24.0 Å². The molecule has 0 bridgehead atoms. The minimum Gasteiger partial charge on any atom is -0.854 e. The van der Waals surface area contributed by atoms with Gasteiger partial charge >= 0.3 is 18.9 Å². The molecule has 0 aliphatic heterocycles. The third-order valence-electron chi connectivity index (χ3n) is 1.96. The summed E-state index contributed by atoms with van der Waals surface area (Å²) in [4.78, 5) is 0. The van der Waals surface area contributed by atoms with Crippen LogP contribution in [0.4, 0.5) is 0 Å². The Labute approximate surface area is 69.0 Å². The van der Waals surface area contributed by atoms with Gasteiger partial charge < -0.3 is 5.11 Å². The predicted octanol–water partition coefficient (Wildman–Crippen LogP) is -2.07. The van der Waals surface area contributed by atoms with Crippen LogP contribution < -0.4 is 24.0 Å². The first-order chi connectivity index (χ1) is 3.93. The Morgan fingerprint density at radius 3 is 2.00 bits per heavy atom. The first kappa shape index (κ1) is 9.56. The molecule has 0 spiro atoms. The van der Waals surface area contributed by atoms with Gasteiger partial charge in [-0.15, -0.1) is 6.61 Å². The molecule has 0 aromatic heterocycles. The molecule has 9 heavy (non-hydrogen) atoms. The SMILES string of the molecule is [Li+].[O-]CC1CCCCC1. The largest absolute Gasteiger partial charge is 1.00 e. The molecule has 0 heterocycles. The Kier molecular flexibility index (Phi) is 5.68. The third kappa shape index (κ3) is 3.30. The molecule has 0 N–H and O–H groups in total. The molecule has 1 fully saturated rings. The maximum atomic E-state index is 10.3. The number of rotatable bonds is 1. The van der Waals surface area contributed by atoms with E-state index in [1.165, 1.54) is 32.1 Å².